The first-order valence-electron chi connectivity index (χ1n) is 9.05. The highest BCUT2D eigenvalue weighted by molar-refractivity contribution is 5.95. The van der Waals surface area contributed by atoms with E-state index < -0.39 is 6.10 Å². The lowest BCUT2D eigenvalue weighted by molar-refractivity contribution is -0.117. The van der Waals surface area contributed by atoms with Crippen molar-refractivity contribution in [2.75, 3.05) is 37.7 Å². The second-order valence-electron chi connectivity index (χ2n) is 7.09. The van der Waals surface area contributed by atoms with Crippen molar-refractivity contribution in [3.63, 3.8) is 0 Å². The number of amides is 1. The number of rotatable bonds is 6. The lowest BCUT2D eigenvalue weighted by Gasteiger charge is -2.31. The van der Waals surface area contributed by atoms with E-state index >= 15 is 0 Å². The minimum absolute atomic E-state index is 0.173. The Hall–Kier alpha value is -1.59. The Morgan fingerprint density at radius 1 is 1.29 bits per heavy atom. The van der Waals surface area contributed by atoms with E-state index in [1.54, 1.807) is 4.90 Å². The van der Waals surface area contributed by atoms with Gasteiger partial charge in [0.15, 0.2) is 0 Å². The van der Waals surface area contributed by atoms with Crippen molar-refractivity contribution in [1.82, 2.24) is 4.90 Å². The fourth-order valence-electron chi connectivity index (χ4n) is 3.45. The second kappa shape index (κ2) is 7.99. The zero-order chi connectivity index (χ0) is 16.9. The van der Waals surface area contributed by atoms with Crippen molar-refractivity contribution >= 4 is 11.6 Å². The van der Waals surface area contributed by atoms with Crippen LogP contribution in [0, 0.1) is 5.92 Å². The zero-order valence-electron chi connectivity index (χ0n) is 14.5. The average molecular weight is 332 g/mol. The van der Waals surface area contributed by atoms with Crippen molar-refractivity contribution in [2.45, 2.75) is 38.7 Å². The Morgan fingerprint density at radius 2 is 2.08 bits per heavy atom. The highest BCUT2D eigenvalue weighted by atomic mass is 16.5. The molecule has 2 heterocycles. The van der Waals surface area contributed by atoms with Gasteiger partial charge in [-0.05, 0) is 50.4 Å². The van der Waals surface area contributed by atoms with Crippen LogP contribution >= 0.6 is 0 Å². The molecule has 1 atom stereocenters. The van der Waals surface area contributed by atoms with Crippen LogP contribution in [0.1, 0.15) is 32.6 Å². The molecule has 3 rings (SSSR count). The lowest BCUT2D eigenvalue weighted by atomic mass is 9.99. The molecule has 132 valence electrons. The smallest absolute Gasteiger partial charge is 0.227 e. The van der Waals surface area contributed by atoms with Crippen LogP contribution in [0.2, 0.25) is 0 Å². The molecule has 2 aliphatic heterocycles. The quantitative estimate of drug-likeness (QED) is 0.868. The molecule has 2 saturated heterocycles. The minimum atomic E-state index is -0.490. The third-order valence-electron chi connectivity index (χ3n) is 4.99. The number of ether oxygens (including phenoxy) is 1. The maximum Gasteiger partial charge on any atom is 0.227 e. The Balaban J connectivity index is 1.48. The molecule has 1 aromatic rings. The fraction of sp³-hybridized carbons (Fsp3) is 0.632. The number of anilines is 1. The first kappa shape index (κ1) is 17.2. The standard InChI is InChI=1S/C19H28N2O3/c1-15-7-10-20(11-8-15)13-17(22)14-24-18-5-2-4-16(12-18)21-9-3-6-19(21)23/h2,4-5,12,15,17,22H,3,6-11,13-14H2,1H3. The molecule has 5 heteroatoms. The van der Waals surface area contributed by atoms with Gasteiger partial charge in [0.2, 0.25) is 5.91 Å². The molecule has 24 heavy (non-hydrogen) atoms. The van der Waals surface area contributed by atoms with E-state index in [0.717, 1.165) is 37.7 Å². The molecule has 5 nitrogen and oxygen atoms in total. The SMILES string of the molecule is CC1CCN(CC(O)COc2cccc(N3CCCC3=O)c2)CC1. The predicted molar refractivity (Wildman–Crippen MR) is 94.4 cm³/mol. The number of piperidine rings is 1. The summed E-state index contributed by atoms with van der Waals surface area (Å²) in [6, 6.07) is 7.59. The van der Waals surface area contributed by atoms with E-state index in [1.807, 2.05) is 24.3 Å². The first-order valence-corrected chi connectivity index (χ1v) is 9.05. The molecular formula is C19H28N2O3. The fourth-order valence-corrected chi connectivity index (χ4v) is 3.45. The number of hydrogen-bond acceptors (Lipinski definition) is 4. The number of β-amino-alcohol motifs (C(OH)–C–C–N with tert-alkyl or cyclic N) is 1. The summed E-state index contributed by atoms with van der Waals surface area (Å²) < 4.78 is 5.75. The van der Waals surface area contributed by atoms with Gasteiger partial charge < -0.3 is 19.6 Å². The van der Waals surface area contributed by atoms with Crippen LogP contribution in [0.5, 0.6) is 5.75 Å². The Labute approximate surface area is 144 Å². The average Bonchev–Trinajstić information content (AvgIpc) is 3.01. The summed E-state index contributed by atoms with van der Waals surface area (Å²) >= 11 is 0. The summed E-state index contributed by atoms with van der Waals surface area (Å²) in [6.45, 7) is 6.13. The summed E-state index contributed by atoms with van der Waals surface area (Å²) in [5, 5.41) is 10.2. The van der Waals surface area contributed by atoms with E-state index in [1.165, 1.54) is 12.8 Å². The molecule has 0 aromatic heterocycles. The van der Waals surface area contributed by atoms with Gasteiger partial charge >= 0.3 is 0 Å². The molecule has 2 aliphatic rings. The van der Waals surface area contributed by atoms with E-state index in [0.29, 0.717) is 18.7 Å². The van der Waals surface area contributed by atoms with Gasteiger partial charge in [0.05, 0.1) is 0 Å². The van der Waals surface area contributed by atoms with Crippen LogP contribution in [0.15, 0.2) is 24.3 Å². The van der Waals surface area contributed by atoms with Crippen LogP contribution < -0.4 is 9.64 Å². The number of carbonyl (C=O) groups is 1. The highest BCUT2D eigenvalue weighted by Crippen LogP contribution is 2.25. The molecule has 0 bridgehead atoms. The maximum atomic E-state index is 11.8. The van der Waals surface area contributed by atoms with Crippen molar-refractivity contribution in [1.29, 1.82) is 0 Å². The largest absolute Gasteiger partial charge is 0.491 e. The molecule has 1 amide bonds. The van der Waals surface area contributed by atoms with E-state index in [4.69, 9.17) is 4.74 Å². The summed E-state index contributed by atoms with van der Waals surface area (Å²) in [6.07, 6.45) is 3.46. The number of nitrogens with zero attached hydrogens (tertiary/aromatic N) is 2. The van der Waals surface area contributed by atoms with Gasteiger partial charge in [-0.1, -0.05) is 13.0 Å². The van der Waals surface area contributed by atoms with Crippen molar-refractivity contribution in [3.05, 3.63) is 24.3 Å². The van der Waals surface area contributed by atoms with Gasteiger partial charge in [0, 0.05) is 31.3 Å². The van der Waals surface area contributed by atoms with Crippen LogP contribution in [0.25, 0.3) is 0 Å². The number of aliphatic hydroxyl groups is 1. The van der Waals surface area contributed by atoms with E-state index in [-0.39, 0.29) is 12.5 Å². The topological polar surface area (TPSA) is 53.0 Å². The van der Waals surface area contributed by atoms with Gasteiger partial charge in [0.25, 0.3) is 0 Å². The monoisotopic (exact) mass is 332 g/mol. The maximum absolute atomic E-state index is 11.8. The zero-order valence-corrected chi connectivity index (χ0v) is 14.5. The van der Waals surface area contributed by atoms with Crippen LogP contribution in [-0.4, -0.2) is 54.8 Å². The van der Waals surface area contributed by atoms with Gasteiger partial charge in [-0.2, -0.15) is 0 Å². The molecule has 0 radical (unpaired) electrons. The number of aliphatic hydroxyl groups excluding tert-OH is 1. The second-order valence-corrected chi connectivity index (χ2v) is 7.09. The molecule has 1 N–H and O–H groups in total. The molecule has 2 fully saturated rings. The molecular weight excluding hydrogens is 304 g/mol. The predicted octanol–water partition coefficient (Wildman–Crippen LogP) is 2.29. The Kier molecular flexibility index (Phi) is 5.74. The van der Waals surface area contributed by atoms with Gasteiger partial charge in [-0.15, -0.1) is 0 Å². The summed E-state index contributed by atoms with van der Waals surface area (Å²) in [5.74, 6) is 1.68. The number of likely N-dealkylation sites (tertiary alicyclic amines) is 1. The summed E-state index contributed by atoms with van der Waals surface area (Å²) in [7, 11) is 0. The molecule has 1 aromatic carbocycles. The number of hydrogen-bond donors (Lipinski definition) is 1. The Bertz CT molecular complexity index is 555. The summed E-state index contributed by atoms with van der Waals surface area (Å²) in [5.41, 5.74) is 0.884. The van der Waals surface area contributed by atoms with E-state index in [9.17, 15) is 9.90 Å². The van der Waals surface area contributed by atoms with Gasteiger partial charge in [-0.3, -0.25) is 4.79 Å². The lowest BCUT2D eigenvalue weighted by Crippen LogP contribution is -2.40. The van der Waals surface area contributed by atoms with Crippen molar-refractivity contribution in [2.24, 2.45) is 5.92 Å². The highest BCUT2D eigenvalue weighted by Gasteiger charge is 2.22. The van der Waals surface area contributed by atoms with Crippen LogP contribution in [-0.2, 0) is 4.79 Å². The molecule has 1 unspecified atom stereocenters. The van der Waals surface area contributed by atoms with Crippen LogP contribution in [0.4, 0.5) is 5.69 Å². The Morgan fingerprint density at radius 3 is 2.79 bits per heavy atom. The van der Waals surface area contributed by atoms with Crippen molar-refractivity contribution in [3.8, 4) is 5.75 Å². The third-order valence-corrected chi connectivity index (χ3v) is 4.99. The molecule has 0 aliphatic carbocycles. The van der Waals surface area contributed by atoms with Crippen molar-refractivity contribution < 1.29 is 14.6 Å². The number of carbonyl (C=O) groups excluding carboxylic acids is 1. The van der Waals surface area contributed by atoms with Gasteiger partial charge in [-0.25, -0.2) is 0 Å². The normalized spacial score (nSPS) is 21.2. The third kappa shape index (κ3) is 4.48. The molecule has 0 spiro atoms. The van der Waals surface area contributed by atoms with Gasteiger partial charge in [0.1, 0.15) is 18.5 Å². The summed E-state index contributed by atoms with van der Waals surface area (Å²) in [4.78, 5) is 16.0. The molecule has 0 saturated carbocycles. The van der Waals surface area contributed by atoms with Crippen LogP contribution in [0.3, 0.4) is 0 Å². The van der Waals surface area contributed by atoms with E-state index in [2.05, 4.69) is 11.8 Å². The first-order chi connectivity index (χ1) is 11.6. The number of benzene rings is 1. The minimum Gasteiger partial charge on any atom is -0.491 e.